The molecule has 0 N–H and O–H groups in total. The van der Waals surface area contributed by atoms with Crippen LogP contribution in [0.25, 0.3) is 10.8 Å². The minimum Gasteiger partial charge on any atom is -0.353 e. The first-order valence-corrected chi connectivity index (χ1v) is 7.93. The molecule has 0 aliphatic carbocycles. The molecule has 2 unspecified atom stereocenters. The van der Waals surface area contributed by atoms with Crippen molar-refractivity contribution >= 4 is 28.2 Å². The molecule has 106 valence electrons. The lowest BCUT2D eigenvalue weighted by atomic mass is 9.94. The molecule has 3 heteroatoms. The first-order valence-electron chi connectivity index (χ1n) is 7.40. The molecule has 0 bridgehead atoms. The van der Waals surface area contributed by atoms with Crippen molar-refractivity contribution in [1.82, 2.24) is 4.98 Å². The molecule has 2 atom stereocenters. The zero-order valence-electron chi connectivity index (χ0n) is 12.1. The average molecular weight is 289 g/mol. The summed E-state index contributed by atoms with van der Waals surface area (Å²) < 4.78 is 0. The molecule has 1 saturated heterocycles. The lowest BCUT2D eigenvalue weighted by Crippen LogP contribution is -2.41. The van der Waals surface area contributed by atoms with Crippen molar-refractivity contribution in [3.05, 3.63) is 36.0 Å². The van der Waals surface area contributed by atoms with Gasteiger partial charge in [-0.2, -0.15) is 0 Å². The molecule has 0 saturated carbocycles. The van der Waals surface area contributed by atoms with Gasteiger partial charge in [-0.25, -0.2) is 4.98 Å². The number of nitrogens with zero attached hydrogens (tertiary/aromatic N) is 2. The average Bonchev–Trinajstić information content (AvgIpc) is 2.49. The molecular weight excluding hydrogens is 268 g/mol. The second kappa shape index (κ2) is 5.61. The molecule has 20 heavy (non-hydrogen) atoms. The van der Waals surface area contributed by atoms with Crippen molar-refractivity contribution in [2.45, 2.75) is 38.6 Å². The molecule has 2 heterocycles. The van der Waals surface area contributed by atoms with Crippen LogP contribution in [0.15, 0.2) is 30.5 Å². The van der Waals surface area contributed by atoms with Gasteiger partial charge in [0.25, 0.3) is 0 Å². The Bertz CT molecular complexity index is 611. The van der Waals surface area contributed by atoms with Gasteiger partial charge in [0.15, 0.2) is 0 Å². The number of alkyl halides is 1. The maximum Gasteiger partial charge on any atom is 0.136 e. The van der Waals surface area contributed by atoms with E-state index in [0.717, 1.165) is 23.8 Å². The Morgan fingerprint density at radius 1 is 1.20 bits per heavy atom. The zero-order valence-corrected chi connectivity index (χ0v) is 12.9. The fraction of sp³-hybridized carbons (Fsp3) is 0.471. The molecule has 2 nitrogen and oxygen atoms in total. The zero-order chi connectivity index (χ0) is 14.1. The molecule has 0 spiro atoms. The summed E-state index contributed by atoms with van der Waals surface area (Å²) in [5, 5.41) is 2.46. The first kappa shape index (κ1) is 13.7. The van der Waals surface area contributed by atoms with Crippen LogP contribution in [-0.2, 0) is 5.88 Å². The number of piperidine rings is 1. The fourth-order valence-electron chi connectivity index (χ4n) is 3.16. The number of anilines is 1. The van der Waals surface area contributed by atoms with Gasteiger partial charge < -0.3 is 4.90 Å². The summed E-state index contributed by atoms with van der Waals surface area (Å²) in [6, 6.07) is 9.04. The van der Waals surface area contributed by atoms with E-state index in [-0.39, 0.29) is 0 Å². The van der Waals surface area contributed by atoms with Gasteiger partial charge in [0.1, 0.15) is 5.82 Å². The van der Waals surface area contributed by atoms with E-state index in [1.807, 2.05) is 6.20 Å². The highest BCUT2D eigenvalue weighted by Gasteiger charge is 2.25. The molecule has 3 rings (SSSR count). The van der Waals surface area contributed by atoms with Crippen LogP contribution >= 0.6 is 11.6 Å². The smallest absolute Gasteiger partial charge is 0.136 e. The largest absolute Gasteiger partial charge is 0.353 e. The summed E-state index contributed by atoms with van der Waals surface area (Å²) in [7, 11) is 0. The van der Waals surface area contributed by atoms with Crippen molar-refractivity contribution in [2.75, 3.05) is 11.4 Å². The molecule has 0 radical (unpaired) electrons. The minimum absolute atomic E-state index is 0.514. The van der Waals surface area contributed by atoms with E-state index < -0.39 is 0 Å². The highest BCUT2D eigenvalue weighted by molar-refractivity contribution is 6.18. The van der Waals surface area contributed by atoms with Crippen LogP contribution in [0, 0.1) is 5.92 Å². The normalized spacial score (nSPS) is 23.2. The maximum absolute atomic E-state index is 6.04. The van der Waals surface area contributed by atoms with E-state index in [1.54, 1.807) is 0 Å². The summed E-state index contributed by atoms with van der Waals surface area (Å²) in [6.45, 7) is 5.73. The van der Waals surface area contributed by atoms with E-state index in [0.29, 0.717) is 11.9 Å². The van der Waals surface area contributed by atoms with Crippen LogP contribution in [0.2, 0.25) is 0 Å². The van der Waals surface area contributed by atoms with Crippen LogP contribution in [0.5, 0.6) is 0 Å². The summed E-state index contributed by atoms with van der Waals surface area (Å²) in [5.74, 6) is 2.37. The number of fused-ring (bicyclic) bond motifs is 1. The van der Waals surface area contributed by atoms with Gasteiger partial charge in [-0.1, -0.05) is 31.2 Å². The van der Waals surface area contributed by atoms with Gasteiger partial charge in [-0.15, -0.1) is 11.6 Å². The predicted molar refractivity (Wildman–Crippen MR) is 86.5 cm³/mol. The first-order chi connectivity index (χ1) is 9.70. The molecule has 2 aromatic rings. The summed E-state index contributed by atoms with van der Waals surface area (Å²) in [4.78, 5) is 7.19. The van der Waals surface area contributed by atoms with E-state index >= 15 is 0 Å². The van der Waals surface area contributed by atoms with Crippen LogP contribution < -0.4 is 4.90 Å². The standard InChI is InChI=1S/C17H21ClN2/c1-12-7-8-13(2)20(11-12)17-16-6-4-3-5-15(16)14(9-18)10-19-17/h3-6,10,12-13H,7-9,11H2,1-2H3. The van der Waals surface area contributed by atoms with Crippen molar-refractivity contribution in [2.24, 2.45) is 5.92 Å². The van der Waals surface area contributed by atoms with E-state index in [1.165, 1.54) is 23.6 Å². The number of pyridine rings is 1. The number of aromatic nitrogens is 1. The predicted octanol–water partition coefficient (Wildman–Crippen LogP) is 4.60. The van der Waals surface area contributed by atoms with Gasteiger partial charge in [0.05, 0.1) is 0 Å². The molecule has 1 aliphatic rings. The minimum atomic E-state index is 0.514. The van der Waals surface area contributed by atoms with Crippen LogP contribution in [0.3, 0.4) is 0 Å². The van der Waals surface area contributed by atoms with E-state index in [9.17, 15) is 0 Å². The third-order valence-corrected chi connectivity index (χ3v) is 4.68. The molecule has 1 fully saturated rings. The Morgan fingerprint density at radius 2 is 1.95 bits per heavy atom. The van der Waals surface area contributed by atoms with Crippen molar-refractivity contribution in [3.63, 3.8) is 0 Å². The van der Waals surface area contributed by atoms with Crippen molar-refractivity contribution in [3.8, 4) is 0 Å². The molecule has 1 aromatic heterocycles. The molecule has 0 amide bonds. The van der Waals surface area contributed by atoms with Crippen molar-refractivity contribution < 1.29 is 0 Å². The van der Waals surface area contributed by atoms with Gasteiger partial charge >= 0.3 is 0 Å². The van der Waals surface area contributed by atoms with Crippen LogP contribution in [-0.4, -0.2) is 17.6 Å². The lowest BCUT2D eigenvalue weighted by molar-refractivity contribution is 0.389. The molecular formula is C17H21ClN2. The van der Waals surface area contributed by atoms with E-state index in [4.69, 9.17) is 16.6 Å². The second-order valence-electron chi connectivity index (χ2n) is 5.97. The third kappa shape index (κ3) is 2.37. The summed E-state index contributed by atoms with van der Waals surface area (Å²) in [6.07, 6.45) is 4.50. The fourth-order valence-corrected chi connectivity index (χ4v) is 3.37. The number of benzene rings is 1. The van der Waals surface area contributed by atoms with Gasteiger partial charge in [-0.05, 0) is 36.6 Å². The topological polar surface area (TPSA) is 16.1 Å². The Balaban J connectivity index is 2.12. The van der Waals surface area contributed by atoms with Crippen molar-refractivity contribution in [1.29, 1.82) is 0 Å². The van der Waals surface area contributed by atoms with Gasteiger partial charge in [-0.3, -0.25) is 0 Å². The lowest BCUT2D eigenvalue weighted by Gasteiger charge is -2.38. The molecule has 1 aliphatic heterocycles. The van der Waals surface area contributed by atoms with E-state index in [2.05, 4.69) is 43.0 Å². The molecule has 1 aromatic carbocycles. The van der Waals surface area contributed by atoms with Crippen LogP contribution in [0.4, 0.5) is 5.82 Å². The highest BCUT2D eigenvalue weighted by Crippen LogP contribution is 2.33. The summed E-state index contributed by atoms with van der Waals surface area (Å²) >= 11 is 6.04. The number of hydrogen-bond acceptors (Lipinski definition) is 2. The number of hydrogen-bond donors (Lipinski definition) is 0. The number of rotatable bonds is 2. The number of halogens is 1. The highest BCUT2D eigenvalue weighted by atomic mass is 35.5. The second-order valence-corrected chi connectivity index (χ2v) is 6.24. The maximum atomic E-state index is 6.04. The summed E-state index contributed by atoms with van der Waals surface area (Å²) in [5.41, 5.74) is 1.11. The Morgan fingerprint density at radius 3 is 2.70 bits per heavy atom. The SMILES string of the molecule is CC1CCC(C)N(c2ncc(CCl)c3ccccc23)C1. The van der Waals surface area contributed by atoms with Gasteiger partial charge in [0.2, 0.25) is 0 Å². The monoisotopic (exact) mass is 288 g/mol. The Kier molecular flexibility index (Phi) is 3.84. The Hall–Kier alpha value is -1.28. The third-order valence-electron chi connectivity index (χ3n) is 4.39. The Labute approximate surface area is 125 Å². The van der Waals surface area contributed by atoms with Crippen LogP contribution in [0.1, 0.15) is 32.3 Å². The quantitative estimate of drug-likeness (QED) is 0.751. The van der Waals surface area contributed by atoms with Gasteiger partial charge in [0, 0.05) is 30.0 Å².